The first-order chi connectivity index (χ1) is 16.1. The van der Waals surface area contributed by atoms with Gasteiger partial charge in [-0.1, -0.05) is 36.4 Å². The Labute approximate surface area is 193 Å². The van der Waals surface area contributed by atoms with Gasteiger partial charge in [-0.3, -0.25) is 4.79 Å². The van der Waals surface area contributed by atoms with Gasteiger partial charge in [-0.05, 0) is 48.9 Å². The number of aromatic nitrogens is 2. The van der Waals surface area contributed by atoms with E-state index in [1.807, 2.05) is 65.6 Å². The minimum Gasteiger partial charge on any atom is -0.495 e. The smallest absolute Gasteiger partial charge is 0.227 e. The van der Waals surface area contributed by atoms with Crippen molar-refractivity contribution >= 4 is 22.6 Å². The summed E-state index contributed by atoms with van der Waals surface area (Å²) in [5.74, 6) is 2.56. The van der Waals surface area contributed by atoms with E-state index in [1.165, 1.54) is 5.56 Å². The molecule has 0 radical (unpaired) electrons. The molecule has 0 unspecified atom stereocenters. The number of hydrogen-bond acceptors (Lipinski definition) is 4. The van der Waals surface area contributed by atoms with Crippen molar-refractivity contribution in [1.82, 2.24) is 9.55 Å². The molecular weight excluding hydrogens is 414 g/mol. The molecule has 168 valence electrons. The van der Waals surface area contributed by atoms with Crippen molar-refractivity contribution in [3.63, 3.8) is 0 Å². The van der Waals surface area contributed by atoms with E-state index in [2.05, 4.69) is 23.6 Å². The average Bonchev–Trinajstić information content (AvgIpc) is 3.39. The van der Waals surface area contributed by atoms with Gasteiger partial charge in [0.05, 0.1) is 30.4 Å². The van der Waals surface area contributed by atoms with E-state index in [9.17, 15) is 4.79 Å². The van der Waals surface area contributed by atoms with Gasteiger partial charge in [0.2, 0.25) is 5.91 Å². The number of carbonyl (C=O) groups excluding carboxylic acids is 1. The third-order valence-corrected chi connectivity index (χ3v) is 6.12. The van der Waals surface area contributed by atoms with E-state index in [4.69, 9.17) is 14.5 Å². The number of rotatable bonds is 7. The molecule has 1 aliphatic rings. The molecule has 0 bridgehead atoms. The number of imidazole rings is 1. The van der Waals surface area contributed by atoms with E-state index >= 15 is 0 Å². The molecule has 1 atom stereocenters. The summed E-state index contributed by atoms with van der Waals surface area (Å²) in [6, 6.07) is 23.8. The van der Waals surface area contributed by atoms with Crippen LogP contribution in [0, 0.1) is 6.92 Å². The molecule has 33 heavy (non-hydrogen) atoms. The summed E-state index contributed by atoms with van der Waals surface area (Å²) in [4.78, 5) is 19.7. The van der Waals surface area contributed by atoms with Gasteiger partial charge < -0.3 is 18.9 Å². The Kier molecular flexibility index (Phi) is 5.73. The van der Waals surface area contributed by atoms with Crippen LogP contribution >= 0.6 is 0 Å². The van der Waals surface area contributed by atoms with Gasteiger partial charge in [0.15, 0.2) is 0 Å². The van der Waals surface area contributed by atoms with E-state index < -0.39 is 0 Å². The SMILES string of the molecule is COc1ccccc1N1C[C@@H](c2nc3ccccc3n2CCOc2cccc(C)c2)CC1=O. The second-order valence-electron chi connectivity index (χ2n) is 8.35. The minimum atomic E-state index is -0.00576. The number of carbonyl (C=O) groups is 1. The maximum atomic E-state index is 13.0. The van der Waals surface area contributed by atoms with Crippen LogP contribution in [0.25, 0.3) is 11.0 Å². The molecular formula is C27H27N3O3. The van der Waals surface area contributed by atoms with Crippen LogP contribution in [0.15, 0.2) is 72.8 Å². The average molecular weight is 442 g/mol. The number of para-hydroxylation sites is 4. The van der Waals surface area contributed by atoms with Crippen molar-refractivity contribution in [2.75, 3.05) is 25.2 Å². The first kappa shape index (κ1) is 21.1. The maximum Gasteiger partial charge on any atom is 0.227 e. The quantitative estimate of drug-likeness (QED) is 0.407. The Morgan fingerprint density at radius 1 is 1.03 bits per heavy atom. The molecule has 6 heteroatoms. The lowest BCUT2D eigenvalue weighted by molar-refractivity contribution is -0.117. The van der Waals surface area contributed by atoms with Crippen molar-refractivity contribution in [2.24, 2.45) is 0 Å². The molecule has 1 aliphatic heterocycles. The summed E-state index contributed by atoms with van der Waals surface area (Å²) in [6.45, 7) is 3.80. The summed E-state index contributed by atoms with van der Waals surface area (Å²) in [7, 11) is 1.63. The lowest BCUT2D eigenvalue weighted by atomic mass is 10.1. The normalized spacial score (nSPS) is 15.9. The van der Waals surface area contributed by atoms with Crippen LogP contribution in [0.3, 0.4) is 0 Å². The van der Waals surface area contributed by atoms with Gasteiger partial charge in [0, 0.05) is 18.9 Å². The van der Waals surface area contributed by atoms with Crippen molar-refractivity contribution in [3.8, 4) is 11.5 Å². The van der Waals surface area contributed by atoms with Crippen molar-refractivity contribution in [1.29, 1.82) is 0 Å². The highest BCUT2D eigenvalue weighted by atomic mass is 16.5. The van der Waals surface area contributed by atoms with Crippen LogP contribution in [0.4, 0.5) is 5.69 Å². The first-order valence-corrected chi connectivity index (χ1v) is 11.2. The Balaban J connectivity index is 1.41. The minimum absolute atomic E-state index is 0.00576. The number of nitrogens with zero attached hydrogens (tertiary/aromatic N) is 3. The van der Waals surface area contributed by atoms with Gasteiger partial charge in [-0.2, -0.15) is 0 Å². The lowest BCUT2D eigenvalue weighted by Gasteiger charge is -2.20. The maximum absolute atomic E-state index is 13.0. The zero-order chi connectivity index (χ0) is 22.8. The third-order valence-electron chi connectivity index (χ3n) is 6.12. The predicted octanol–water partition coefficient (Wildman–Crippen LogP) is 4.95. The van der Waals surface area contributed by atoms with E-state index in [-0.39, 0.29) is 11.8 Å². The van der Waals surface area contributed by atoms with Gasteiger partial charge >= 0.3 is 0 Å². The van der Waals surface area contributed by atoms with Gasteiger partial charge in [-0.25, -0.2) is 4.98 Å². The van der Waals surface area contributed by atoms with Gasteiger partial charge in [0.1, 0.15) is 23.9 Å². The molecule has 6 nitrogen and oxygen atoms in total. The molecule has 4 aromatic rings. The number of hydrogen-bond donors (Lipinski definition) is 0. The summed E-state index contributed by atoms with van der Waals surface area (Å²) < 4.78 is 13.7. The van der Waals surface area contributed by atoms with Gasteiger partial charge in [-0.15, -0.1) is 0 Å². The van der Waals surface area contributed by atoms with E-state index in [0.29, 0.717) is 31.9 Å². The number of fused-ring (bicyclic) bond motifs is 1. The fraction of sp³-hybridized carbons (Fsp3) is 0.259. The molecule has 1 fully saturated rings. The third kappa shape index (κ3) is 4.16. The summed E-state index contributed by atoms with van der Waals surface area (Å²) >= 11 is 0. The number of methoxy groups -OCH3 is 1. The Morgan fingerprint density at radius 2 is 1.85 bits per heavy atom. The molecule has 1 aromatic heterocycles. The number of benzene rings is 3. The largest absolute Gasteiger partial charge is 0.495 e. The van der Waals surface area contributed by atoms with Gasteiger partial charge in [0.25, 0.3) is 0 Å². The topological polar surface area (TPSA) is 56.6 Å². The summed E-state index contributed by atoms with van der Waals surface area (Å²) in [5, 5.41) is 0. The molecule has 0 saturated carbocycles. The number of anilines is 1. The number of amides is 1. The fourth-order valence-corrected chi connectivity index (χ4v) is 4.57. The molecule has 1 amide bonds. The highest BCUT2D eigenvalue weighted by molar-refractivity contribution is 5.97. The Bertz CT molecular complexity index is 1300. The van der Waals surface area contributed by atoms with Crippen LogP contribution in [0.2, 0.25) is 0 Å². The highest BCUT2D eigenvalue weighted by Crippen LogP contribution is 2.37. The molecule has 1 saturated heterocycles. The number of ether oxygens (including phenoxy) is 2. The molecule has 3 aromatic carbocycles. The van der Waals surface area contributed by atoms with Crippen LogP contribution < -0.4 is 14.4 Å². The number of aryl methyl sites for hydroxylation is 1. The summed E-state index contributed by atoms with van der Waals surface area (Å²) in [5.41, 5.74) is 3.97. The zero-order valence-electron chi connectivity index (χ0n) is 18.9. The second kappa shape index (κ2) is 8.98. The lowest BCUT2D eigenvalue weighted by Crippen LogP contribution is -2.25. The molecule has 2 heterocycles. The first-order valence-electron chi connectivity index (χ1n) is 11.2. The van der Waals surface area contributed by atoms with E-state index in [0.717, 1.165) is 28.3 Å². The zero-order valence-corrected chi connectivity index (χ0v) is 18.9. The fourth-order valence-electron chi connectivity index (χ4n) is 4.57. The van der Waals surface area contributed by atoms with E-state index in [1.54, 1.807) is 7.11 Å². The van der Waals surface area contributed by atoms with Crippen molar-refractivity contribution in [2.45, 2.75) is 25.8 Å². The highest BCUT2D eigenvalue weighted by Gasteiger charge is 2.35. The molecule has 0 aliphatic carbocycles. The second-order valence-corrected chi connectivity index (χ2v) is 8.35. The predicted molar refractivity (Wildman–Crippen MR) is 129 cm³/mol. The summed E-state index contributed by atoms with van der Waals surface area (Å²) in [6.07, 6.45) is 0.417. The molecule has 5 rings (SSSR count). The molecule has 0 spiro atoms. The standard InChI is InChI=1S/C27H27N3O3/c1-19-8-7-9-21(16-19)33-15-14-29-23-11-4-3-10-22(23)28-27(29)20-17-26(31)30(18-20)24-12-5-6-13-25(24)32-2/h3-13,16,20H,14-15,17-18H2,1-2H3/t20-/m0/s1. The Hall–Kier alpha value is -3.80. The molecule has 0 N–H and O–H groups in total. The van der Waals surface area contributed by atoms with Crippen LogP contribution in [-0.4, -0.2) is 35.7 Å². The van der Waals surface area contributed by atoms with Crippen molar-refractivity contribution in [3.05, 3.63) is 84.2 Å². The van der Waals surface area contributed by atoms with Crippen LogP contribution in [0.1, 0.15) is 23.7 Å². The van der Waals surface area contributed by atoms with Crippen LogP contribution in [-0.2, 0) is 11.3 Å². The monoisotopic (exact) mass is 441 g/mol. The Morgan fingerprint density at radius 3 is 2.70 bits per heavy atom. The van der Waals surface area contributed by atoms with Crippen LogP contribution in [0.5, 0.6) is 11.5 Å². The van der Waals surface area contributed by atoms with Crippen molar-refractivity contribution < 1.29 is 14.3 Å².